The third-order valence-corrected chi connectivity index (χ3v) is 3.56. The van der Waals surface area contributed by atoms with Crippen molar-refractivity contribution in [1.82, 2.24) is 9.97 Å². The van der Waals surface area contributed by atoms with Gasteiger partial charge in [-0.1, -0.05) is 0 Å². The summed E-state index contributed by atoms with van der Waals surface area (Å²) in [5, 5.41) is 11.4. The predicted molar refractivity (Wildman–Crippen MR) is 72.4 cm³/mol. The Bertz CT molecular complexity index is 661. The first-order valence-corrected chi connectivity index (χ1v) is 6.46. The van der Waals surface area contributed by atoms with Crippen LogP contribution >= 0.6 is 0 Å². The second-order valence-corrected chi connectivity index (χ2v) is 4.89. The molecule has 2 N–H and O–H groups in total. The van der Waals surface area contributed by atoms with Gasteiger partial charge in [0, 0.05) is 18.2 Å². The maximum Gasteiger partial charge on any atom is 0.270 e. The molecule has 1 aliphatic rings. The number of rotatable bonds is 3. The maximum atomic E-state index is 10.9. The minimum atomic E-state index is -0.447. The molecule has 1 aliphatic carbocycles. The Morgan fingerprint density at radius 2 is 2.20 bits per heavy atom. The van der Waals surface area contributed by atoms with Gasteiger partial charge in [0.15, 0.2) is 0 Å². The molecule has 104 valence electrons. The topological polar surface area (TPSA) is 104 Å². The quantitative estimate of drug-likeness (QED) is 0.676. The average molecular weight is 274 g/mol. The molecule has 7 heteroatoms. The molecule has 1 fully saturated rings. The van der Waals surface area contributed by atoms with Crippen molar-refractivity contribution in [3.63, 3.8) is 0 Å². The Labute approximate surface area is 114 Å². The van der Waals surface area contributed by atoms with Crippen LogP contribution in [-0.4, -0.2) is 27.0 Å². The van der Waals surface area contributed by atoms with E-state index in [4.69, 9.17) is 10.5 Å². The van der Waals surface area contributed by atoms with Crippen molar-refractivity contribution in [2.45, 2.75) is 31.4 Å². The zero-order chi connectivity index (χ0) is 14.1. The molecule has 1 aromatic heterocycles. The van der Waals surface area contributed by atoms with Gasteiger partial charge in [0.1, 0.15) is 12.4 Å². The highest BCUT2D eigenvalue weighted by Gasteiger charge is 2.26. The van der Waals surface area contributed by atoms with E-state index in [0.29, 0.717) is 16.8 Å². The third-order valence-electron chi connectivity index (χ3n) is 3.56. The Hall–Kier alpha value is -2.28. The van der Waals surface area contributed by atoms with E-state index in [1.807, 2.05) is 0 Å². The summed E-state index contributed by atoms with van der Waals surface area (Å²) in [5.41, 5.74) is 6.58. The van der Waals surface area contributed by atoms with Crippen LogP contribution in [0.15, 0.2) is 24.5 Å². The highest BCUT2D eigenvalue weighted by Crippen LogP contribution is 2.29. The van der Waals surface area contributed by atoms with Crippen LogP contribution in [0.2, 0.25) is 0 Å². The molecule has 2 atom stereocenters. The van der Waals surface area contributed by atoms with Gasteiger partial charge in [0.2, 0.25) is 5.88 Å². The molecule has 3 rings (SSSR count). The van der Waals surface area contributed by atoms with Crippen molar-refractivity contribution in [3.05, 3.63) is 34.6 Å². The molecule has 1 heterocycles. The van der Waals surface area contributed by atoms with E-state index in [0.717, 1.165) is 19.3 Å². The highest BCUT2D eigenvalue weighted by atomic mass is 16.6. The van der Waals surface area contributed by atoms with Crippen molar-refractivity contribution in [2.75, 3.05) is 0 Å². The minimum Gasteiger partial charge on any atom is -0.472 e. The van der Waals surface area contributed by atoms with E-state index in [9.17, 15) is 10.1 Å². The first kappa shape index (κ1) is 12.7. The number of nitrogens with two attached hydrogens (primary N) is 1. The van der Waals surface area contributed by atoms with E-state index in [1.165, 1.54) is 18.5 Å². The van der Waals surface area contributed by atoms with Gasteiger partial charge in [-0.05, 0) is 25.3 Å². The van der Waals surface area contributed by atoms with E-state index in [2.05, 4.69) is 9.97 Å². The van der Waals surface area contributed by atoms with Crippen LogP contribution in [-0.2, 0) is 0 Å². The van der Waals surface area contributed by atoms with Crippen LogP contribution in [0, 0.1) is 10.1 Å². The molecule has 0 spiro atoms. The molecule has 1 aromatic carbocycles. The molecule has 1 saturated carbocycles. The van der Waals surface area contributed by atoms with Crippen molar-refractivity contribution < 1.29 is 9.66 Å². The largest absolute Gasteiger partial charge is 0.472 e. The number of nitrogens with zero attached hydrogens (tertiary/aromatic N) is 3. The molecule has 0 radical (unpaired) electrons. The Balaban J connectivity index is 2.00. The molecular formula is C13H14N4O3. The fourth-order valence-electron chi connectivity index (χ4n) is 2.47. The number of benzene rings is 1. The lowest BCUT2D eigenvalue weighted by molar-refractivity contribution is -0.384. The number of aromatic nitrogens is 2. The van der Waals surface area contributed by atoms with Crippen molar-refractivity contribution in [3.8, 4) is 5.88 Å². The highest BCUT2D eigenvalue weighted by molar-refractivity contribution is 5.85. The summed E-state index contributed by atoms with van der Waals surface area (Å²) in [6, 6.07) is 4.43. The summed E-state index contributed by atoms with van der Waals surface area (Å²) in [4.78, 5) is 18.6. The van der Waals surface area contributed by atoms with Gasteiger partial charge in [0.25, 0.3) is 5.69 Å². The molecule has 2 aromatic rings. The smallest absolute Gasteiger partial charge is 0.270 e. The molecule has 20 heavy (non-hydrogen) atoms. The van der Waals surface area contributed by atoms with Gasteiger partial charge < -0.3 is 10.5 Å². The lowest BCUT2D eigenvalue weighted by atomic mass is 10.2. The van der Waals surface area contributed by atoms with Gasteiger partial charge in [-0.2, -0.15) is 0 Å². The van der Waals surface area contributed by atoms with Crippen LogP contribution in [0.25, 0.3) is 10.9 Å². The molecule has 2 unspecified atom stereocenters. The van der Waals surface area contributed by atoms with Crippen LogP contribution in [0.5, 0.6) is 5.88 Å². The first-order valence-electron chi connectivity index (χ1n) is 6.46. The maximum absolute atomic E-state index is 10.9. The monoisotopic (exact) mass is 274 g/mol. The SMILES string of the molecule is NC1CCCC1Oc1ncnc2ccc([N+](=O)[O-])cc12. The normalized spacial score (nSPS) is 22.1. The number of hydrogen-bond acceptors (Lipinski definition) is 6. The van der Waals surface area contributed by atoms with Gasteiger partial charge in [-0.3, -0.25) is 10.1 Å². The Kier molecular flexibility index (Phi) is 3.19. The van der Waals surface area contributed by atoms with E-state index in [-0.39, 0.29) is 17.8 Å². The number of nitro groups is 1. The molecule has 0 saturated heterocycles. The van der Waals surface area contributed by atoms with Crippen LogP contribution in [0.3, 0.4) is 0 Å². The first-order chi connectivity index (χ1) is 9.65. The summed E-state index contributed by atoms with van der Waals surface area (Å²) < 4.78 is 5.84. The van der Waals surface area contributed by atoms with Crippen molar-refractivity contribution in [2.24, 2.45) is 5.73 Å². The average Bonchev–Trinajstić information content (AvgIpc) is 2.84. The summed E-state index contributed by atoms with van der Waals surface area (Å²) >= 11 is 0. The van der Waals surface area contributed by atoms with Crippen LogP contribution < -0.4 is 10.5 Å². The van der Waals surface area contributed by atoms with E-state index >= 15 is 0 Å². The molecule has 0 aliphatic heterocycles. The minimum absolute atomic E-state index is 0.00660. The number of fused-ring (bicyclic) bond motifs is 1. The van der Waals surface area contributed by atoms with Gasteiger partial charge in [-0.25, -0.2) is 9.97 Å². The van der Waals surface area contributed by atoms with Crippen LogP contribution in [0.1, 0.15) is 19.3 Å². The van der Waals surface area contributed by atoms with Gasteiger partial charge >= 0.3 is 0 Å². The molecule has 0 amide bonds. The summed E-state index contributed by atoms with van der Waals surface area (Å²) in [6.45, 7) is 0. The van der Waals surface area contributed by atoms with E-state index in [1.54, 1.807) is 6.07 Å². The van der Waals surface area contributed by atoms with Crippen LogP contribution in [0.4, 0.5) is 5.69 Å². The molecular weight excluding hydrogens is 260 g/mol. The number of nitro benzene ring substituents is 1. The summed E-state index contributed by atoms with van der Waals surface area (Å²) in [7, 11) is 0. The third kappa shape index (κ3) is 2.27. The van der Waals surface area contributed by atoms with Gasteiger partial charge in [0.05, 0.1) is 15.8 Å². The predicted octanol–water partition coefficient (Wildman–Crippen LogP) is 1.80. The lowest BCUT2D eigenvalue weighted by Crippen LogP contribution is -2.33. The number of hydrogen-bond donors (Lipinski definition) is 1. The zero-order valence-corrected chi connectivity index (χ0v) is 10.7. The van der Waals surface area contributed by atoms with Crippen molar-refractivity contribution in [1.29, 1.82) is 0 Å². The standard InChI is InChI=1S/C13H14N4O3/c14-10-2-1-3-12(10)20-13-9-6-8(17(18)19)4-5-11(9)15-7-16-13/h4-7,10,12H,1-3,14H2. The molecule has 7 nitrogen and oxygen atoms in total. The number of non-ortho nitro benzene ring substituents is 1. The molecule has 0 bridgehead atoms. The second-order valence-electron chi connectivity index (χ2n) is 4.89. The summed E-state index contributed by atoms with van der Waals surface area (Å²) in [5.74, 6) is 0.362. The second kappa shape index (κ2) is 5.01. The Morgan fingerprint density at radius 1 is 1.35 bits per heavy atom. The lowest BCUT2D eigenvalue weighted by Gasteiger charge is -2.17. The fraction of sp³-hybridized carbons (Fsp3) is 0.385. The summed E-state index contributed by atoms with van der Waals surface area (Å²) in [6.07, 6.45) is 4.13. The fourth-order valence-corrected chi connectivity index (χ4v) is 2.47. The number of ether oxygens (including phenoxy) is 1. The zero-order valence-electron chi connectivity index (χ0n) is 10.7. The van der Waals surface area contributed by atoms with Gasteiger partial charge in [-0.15, -0.1) is 0 Å². The van der Waals surface area contributed by atoms with E-state index < -0.39 is 4.92 Å². The Morgan fingerprint density at radius 3 is 2.90 bits per heavy atom. The van der Waals surface area contributed by atoms with Crippen molar-refractivity contribution >= 4 is 16.6 Å².